The smallest absolute Gasteiger partial charge is 0.279 e. The Bertz CT molecular complexity index is 629. The number of hydrogen-bond donors (Lipinski definition) is 1. The van der Waals surface area contributed by atoms with E-state index in [-0.39, 0.29) is 18.0 Å². The zero-order valence-corrected chi connectivity index (χ0v) is 10.8. The van der Waals surface area contributed by atoms with Crippen LogP contribution in [-0.4, -0.2) is 5.91 Å². The topological polar surface area (TPSA) is 38.3 Å². The van der Waals surface area contributed by atoms with Crippen molar-refractivity contribution in [2.24, 2.45) is 0 Å². The minimum absolute atomic E-state index is 0.0359. The summed E-state index contributed by atoms with van der Waals surface area (Å²) in [5, 5.41) is 0. The molecule has 0 aliphatic carbocycles. The SMILES string of the molecule is Cc1cccc(COc2cccc(C(=O)NF)c2)c1F. The van der Waals surface area contributed by atoms with Gasteiger partial charge in [-0.25, -0.2) is 4.39 Å². The maximum atomic E-state index is 13.8. The third-order valence-corrected chi connectivity index (χ3v) is 2.85. The monoisotopic (exact) mass is 277 g/mol. The second-order valence-electron chi connectivity index (χ2n) is 4.29. The van der Waals surface area contributed by atoms with Crippen LogP contribution in [0.1, 0.15) is 21.5 Å². The number of amides is 1. The number of hydrogen-bond acceptors (Lipinski definition) is 2. The fourth-order valence-electron chi connectivity index (χ4n) is 1.76. The van der Waals surface area contributed by atoms with Crippen LogP contribution < -0.4 is 10.3 Å². The second kappa shape index (κ2) is 6.14. The predicted molar refractivity (Wildman–Crippen MR) is 70.5 cm³/mol. The molecule has 0 bridgehead atoms. The molecule has 0 spiro atoms. The largest absolute Gasteiger partial charge is 0.489 e. The van der Waals surface area contributed by atoms with E-state index >= 15 is 0 Å². The van der Waals surface area contributed by atoms with Crippen molar-refractivity contribution in [3.05, 3.63) is 65.0 Å². The van der Waals surface area contributed by atoms with Crippen molar-refractivity contribution in [2.75, 3.05) is 0 Å². The van der Waals surface area contributed by atoms with Gasteiger partial charge in [0.05, 0.1) is 0 Å². The molecule has 0 saturated heterocycles. The average molecular weight is 277 g/mol. The van der Waals surface area contributed by atoms with Crippen molar-refractivity contribution < 1.29 is 18.4 Å². The Balaban J connectivity index is 2.11. The van der Waals surface area contributed by atoms with Crippen LogP contribution in [0, 0.1) is 12.7 Å². The summed E-state index contributed by atoms with van der Waals surface area (Å²) >= 11 is 0. The van der Waals surface area contributed by atoms with E-state index in [1.54, 1.807) is 37.3 Å². The van der Waals surface area contributed by atoms with Gasteiger partial charge >= 0.3 is 0 Å². The molecule has 0 aliphatic heterocycles. The second-order valence-corrected chi connectivity index (χ2v) is 4.29. The fraction of sp³-hybridized carbons (Fsp3) is 0.133. The molecule has 5 heteroatoms. The Morgan fingerprint density at radius 3 is 2.75 bits per heavy atom. The van der Waals surface area contributed by atoms with Crippen LogP contribution in [0.3, 0.4) is 0 Å². The number of aryl methyl sites for hydroxylation is 1. The van der Waals surface area contributed by atoms with Gasteiger partial charge in [0, 0.05) is 11.1 Å². The zero-order chi connectivity index (χ0) is 14.5. The molecule has 0 atom stereocenters. The van der Waals surface area contributed by atoms with E-state index in [9.17, 15) is 13.7 Å². The lowest BCUT2D eigenvalue weighted by atomic mass is 10.1. The summed E-state index contributed by atoms with van der Waals surface area (Å²) < 4.78 is 31.3. The highest BCUT2D eigenvalue weighted by molar-refractivity contribution is 5.93. The lowest BCUT2D eigenvalue weighted by Gasteiger charge is -2.09. The summed E-state index contributed by atoms with van der Waals surface area (Å²) in [6.07, 6.45) is 0. The number of carbonyl (C=O) groups excluding carboxylic acids is 1. The van der Waals surface area contributed by atoms with Gasteiger partial charge in [-0.05, 0) is 30.7 Å². The summed E-state index contributed by atoms with van der Waals surface area (Å²) in [5.74, 6) is -0.797. The number of carbonyl (C=O) groups is 1. The van der Waals surface area contributed by atoms with Crippen molar-refractivity contribution >= 4 is 5.91 Å². The summed E-state index contributed by atoms with van der Waals surface area (Å²) in [5.41, 5.74) is 2.14. The van der Waals surface area contributed by atoms with Gasteiger partial charge in [-0.1, -0.05) is 28.7 Å². The summed E-state index contributed by atoms with van der Waals surface area (Å²) in [4.78, 5) is 11.1. The highest BCUT2D eigenvalue weighted by Gasteiger charge is 2.08. The summed E-state index contributed by atoms with van der Waals surface area (Å²) in [6.45, 7) is 1.71. The van der Waals surface area contributed by atoms with Gasteiger partial charge in [0.1, 0.15) is 18.2 Å². The molecule has 3 nitrogen and oxygen atoms in total. The number of nitrogens with one attached hydrogen (secondary N) is 1. The third-order valence-electron chi connectivity index (χ3n) is 2.85. The molecule has 0 fully saturated rings. The molecule has 0 aromatic heterocycles. The predicted octanol–water partition coefficient (Wildman–Crippen LogP) is 3.33. The molecule has 1 N–H and O–H groups in total. The molecule has 104 valence electrons. The highest BCUT2D eigenvalue weighted by atomic mass is 19.2. The molecule has 2 rings (SSSR count). The van der Waals surface area contributed by atoms with Crippen LogP contribution >= 0.6 is 0 Å². The Morgan fingerprint density at radius 1 is 1.25 bits per heavy atom. The number of rotatable bonds is 4. The maximum absolute atomic E-state index is 13.8. The van der Waals surface area contributed by atoms with Crippen LogP contribution in [0.5, 0.6) is 5.75 Å². The molecule has 2 aromatic carbocycles. The van der Waals surface area contributed by atoms with Crippen molar-refractivity contribution in [1.29, 1.82) is 0 Å². The molecule has 0 radical (unpaired) electrons. The molecule has 0 unspecified atom stereocenters. The highest BCUT2D eigenvalue weighted by Crippen LogP contribution is 2.17. The number of ether oxygens (including phenoxy) is 1. The molecule has 0 aliphatic rings. The Kier molecular flexibility index (Phi) is 4.30. The summed E-state index contributed by atoms with van der Waals surface area (Å²) in [6, 6.07) is 11.1. The van der Waals surface area contributed by atoms with Crippen LogP contribution in [0.2, 0.25) is 0 Å². The first-order chi connectivity index (χ1) is 9.61. The normalized spacial score (nSPS) is 10.2. The van der Waals surface area contributed by atoms with Crippen molar-refractivity contribution in [3.8, 4) is 5.75 Å². The van der Waals surface area contributed by atoms with Crippen molar-refractivity contribution in [3.63, 3.8) is 0 Å². The average Bonchev–Trinajstić information content (AvgIpc) is 2.48. The van der Waals surface area contributed by atoms with Gasteiger partial charge < -0.3 is 4.74 Å². The molecular formula is C15H13F2NO2. The first-order valence-corrected chi connectivity index (χ1v) is 5.99. The Morgan fingerprint density at radius 2 is 2.00 bits per heavy atom. The van der Waals surface area contributed by atoms with E-state index in [0.29, 0.717) is 16.9 Å². The number of halogens is 2. The van der Waals surface area contributed by atoms with Gasteiger partial charge in [0.25, 0.3) is 5.91 Å². The Labute approximate surface area is 115 Å². The van der Waals surface area contributed by atoms with Gasteiger partial charge in [0.15, 0.2) is 0 Å². The van der Waals surface area contributed by atoms with E-state index in [4.69, 9.17) is 4.74 Å². The minimum atomic E-state index is -0.850. The van der Waals surface area contributed by atoms with Crippen LogP contribution in [0.4, 0.5) is 8.87 Å². The lowest BCUT2D eigenvalue weighted by Crippen LogP contribution is -2.13. The van der Waals surface area contributed by atoms with E-state index in [1.807, 2.05) is 0 Å². The third kappa shape index (κ3) is 3.12. The van der Waals surface area contributed by atoms with E-state index in [2.05, 4.69) is 0 Å². The standard InChI is InChI=1S/C15H13F2NO2/c1-10-4-2-6-12(14(10)16)9-20-13-7-3-5-11(8-13)15(19)18-17/h2-8H,9H2,1H3,(H,18,19). The fourth-order valence-corrected chi connectivity index (χ4v) is 1.76. The lowest BCUT2D eigenvalue weighted by molar-refractivity contribution is 0.0859. The maximum Gasteiger partial charge on any atom is 0.279 e. The molecule has 20 heavy (non-hydrogen) atoms. The van der Waals surface area contributed by atoms with E-state index in [1.165, 1.54) is 12.1 Å². The first-order valence-electron chi connectivity index (χ1n) is 5.99. The minimum Gasteiger partial charge on any atom is -0.489 e. The van der Waals surface area contributed by atoms with Crippen molar-refractivity contribution in [1.82, 2.24) is 5.54 Å². The van der Waals surface area contributed by atoms with Crippen LogP contribution in [0.15, 0.2) is 42.5 Å². The molecule has 0 heterocycles. The summed E-state index contributed by atoms with van der Waals surface area (Å²) in [7, 11) is 0. The van der Waals surface area contributed by atoms with Gasteiger partial charge in [-0.3, -0.25) is 4.79 Å². The van der Waals surface area contributed by atoms with Crippen LogP contribution in [-0.2, 0) is 6.61 Å². The molecule has 2 aromatic rings. The molecule has 1 amide bonds. The van der Waals surface area contributed by atoms with E-state index in [0.717, 1.165) is 5.54 Å². The van der Waals surface area contributed by atoms with Crippen molar-refractivity contribution in [2.45, 2.75) is 13.5 Å². The number of benzene rings is 2. The van der Waals surface area contributed by atoms with Gasteiger partial charge in [-0.2, -0.15) is 5.54 Å². The molecule has 0 saturated carbocycles. The zero-order valence-electron chi connectivity index (χ0n) is 10.8. The quantitative estimate of drug-likeness (QED) is 0.870. The Hall–Kier alpha value is -2.43. The molecular weight excluding hydrogens is 264 g/mol. The van der Waals surface area contributed by atoms with Gasteiger partial charge in [-0.15, -0.1) is 0 Å². The first kappa shape index (κ1) is 14.0. The van der Waals surface area contributed by atoms with Crippen LogP contribution in [0.25, 0.3) is 0 Å². The van der Waals surface area contributed by atoms with Gasteiger partial charge in [0.2, 0.25) is 0 Å². The van der Waals surface area contributed by atoms with E-state index < -0.39 is 5.91 Å².